The predicted molar refractivity (Wildman–Crippen MR) is 70.2 cm³/mol. The Morgan fingerprint density at radius 3 is 2.84 bits per heavy atom. The summed E-state index contributed by atoms with van der Waals surface area (Å²) in [5.41, 5.74) is 0.782. The third kappa shape index (κ3) is 3.35. The molecule has 0 aliphatic rings. The van der Waals surface area contributed by atoms with Gasteiger partial charge in [0.15, 0.2) is 0 Å². The Labute approximate surface area is 117 Å². The molecule has 2 rings (SSSR count). The molecule has 0 aliphatic heterocycles. The van der Waals surface area contributed by atoms with Gasteiger partial charge in [0.1, 0.15) is 12.1 Å². The van der Waals surface area contributed by atoms with Crippen LogP contribution in [-0.2, 0) is 4.79 Å². The van der Waals surface area contributed by atoms with Gasteiger partial charge >= 0.3 is 5.97 Å². The van der Waals surface area contributed by atoms with Crippen molar-refractivity contribution in [2.75, 3.05) is 0 Å². The summed E-state index contributed by atoms with van der Waals surface area (Å²) in [6, 6.07) is 6.03. The fraction of sp³-hybridized carbons (Fsp3) is 0.154. The second kappa shape index (κ2) is 5.88. The van der Waals surface area contributed by atoms with Crippen LogP contribution in [0.25, 0.3) is 0 Å². The summed E-state index contributed by atoms with van der Waals surface area (Å²) < 4.78 is 14.6. The molecular weight excluding hydrogens is 315 g/mol. The average molecular weight is 325 g/mol. The molecule has 0 amide bonds. The molecule has 2 aromatic rings. The Morgan fingerprint density at radius 1 is 1.42 bits per heavy atom. The van der Waals surface area contributed by atoms with Crippen molar-refractivity contribution in [1.29, 1.82) is 0 Å². The number of hydrogen-bond donors (Lipinski definition) is 1. The smallest absolute Gasteiger partial charge is 0.304 e. The minimum absolute atomic E-state index is 0.232. The summed E-state index contributed by atoms with van der Waals surface area (Å²) in [6.07, 6.45) is 2.59. The first-order chi connectivity index (χ1) is 9.08. The highest BCUT2D eigenvalue weighted by Crippen LogP contribution is 2.30. The molecule has 1 heterocycles. The van der Waals surface area contributed by atoms with E-state index in [-0.39, 0.29) is 6.42 Å². The quantitative estimate of drug-likeness (QED) is 0.939. The molecule has 0 radical (unpaired) electrons. The van der Waals surface area contributed by atoms with E-state index < -0.39 is 17.7 Å². The molecule has 6 heteroatoms. The van der Waals surface area contributed by atoms with Gasteiger partial charge in [-0.1, -0.05) is 15.9 Å². The summed E-state index contributed by atoms with van der Waals surface area (Å²) in [7, 11) is 0. The lowest BCUT2D eigenvalue weighted by atomic mass is 9.92. The van der Waals surface area contributed by atoms with E-state index in [4.69, 9.17) is 5.11 Å². The van der Waals surface area contributed by atoms with E-state index in [2.05, 4.69) is 25.9 Å². The van der Waals surface area contributed by atoms with E-state index in [0.29, 0.717) is 15.7 Å². The average Bonchev–Trinajstić information content (AvgIpc) is 2.40. The van der Waals surface area contributed by atoms with Gasteiger partial charge in [-0.15, -0.1) is 0 Å². The molecule has 1 aromatic carbocycles. The van der Waals surface area contributed by atoms with E-state index in [0.717, 1.165) is 0 Å². The van der Waals surface area contributed by atoms with Crippen molar-refractivity contribution in [3.63, 3.8) is 0 Å². The van der Waals surface area contributed by atoms with Crippen molar-refractivity contribution in [2.45, 2.75) is 12.3 Å². The fourth-order valence-electron chi connectivity index (χ4n) is 1.84. The molecule has 1 N–H and O–H groups in total. The van der Waals surface area contributed by atoms with Gasteiger partial charge in [0.2, 0.25) is 0 Å². The molecule has 0 spiro atoms. The lowest BCUT2D eigenvalue weighted by Gasteiger charge is -2.15. The minimum Gasteiger partial charge on any atom is -0.481 e. The highest BCUT2D eigenvalue weighted by Gasteiger charge is 2.22. The van der Waals surface area contributed by atoms with Crippen molar-refractivity contribution in [3.05, 3.63) is 58.3 Å². The first kappa shape index (κ1) is 13.6. The predicted octanol–water partition coefficient (Wildman–Crippen LogP) is 2.98. The monoisotopic (exact) mass is 324 g/mol. The number of aromatic nitrogens is 2. The zero-order valence-corrected chi connectivity index (χ0v) is 11.3. The van der Waals surface area contributed by atoms with Gasteiger partial charge in [-0.05, 0) is 29.8 Å². The number of nitrogens with zero attached hydrogens (tertiary/aromatic N) is 2. The Bertz CT molecular complexity index is 592. The maximum atomic E-state index is 13.9. The number of carbonyl (C=O) groups is 1. The van der Waals surface area contributed by atoms with Crippen LogP contribution < -0.4 is 0 Å². The topological polar surface area (TPSA) is 63.1 Å². The molecule has 1 aromatic heterocycles. The van der Waals surface area contributed by atoms with Gasteiger partial charge in [-0.25, -0.2) is 14.4 Å². The SMILES string of the molecule is O=C(O)CC(c1ccncn1)c1cc(Br)ccc1F. The molecule has 0 saturated heterocycles. The van der Waals surface area contributed by atoms with E-state index in [1.165, 1.54) is 18.6 Å². The Morgan fingerprint density at radius 2 is 2.21 bits per heavy atom. The maximum absolute atomic E-state index is 13.9. The third-order valence-electron chi connectivity index (χ3n) is 2.67. The van der Waals surface area contributed by atoms with Crippen molar-refractivity contribution in [2.24, 2.45) is 0 Å². The van der Waals surface area contributed by atoms with Crippen molar-refractivity contribution >= 4 is 21.9 Å². The van der Waals surface area contributed by atoms with Gasteiger partial charge in [0.05, 0.1) is 12.1 Å². The van der Waals surface area contributed by atoms with Gasteiger partial charge < -0.3 is 5.11 Å². The van der Waals surface area contributed by atoms with Crippen molar-refractivity contribution in [3.8, 4) is 0 Å². The minimum atomic E-state index is -1.01. The van der Waals surface area contributed by atoms with Crippen LogP contribution in [0.4, 0.5) is 4.39 Å². The molecule has 0 aliphatic carbocycles. The summed E-state index contributed by atoms with van der Waals surface area (Å²) in [6.45, 7) is 0. The van der Waals surface area contributed by atoms with Crippen LogP contribution in [0.3, 0.4) is 0 Å². The van der Waals surface area contributed by atoms with Gasteiger partial charge in [0.25, 0.3) is 0 Å². The number of aliphatic carboxylic acids is 1. The number of benzene rings is 1. The van der Waals surface area contributed by atoms with Gasteiger partial charge in [-0.3, -0.25) is 4.79 Å². The number of carboxylic acids is 1. The van der Waals surface area contributed by atoms with Crippen LogP contribution in [-0.4, -0.2) is 21.0 Å². The van der Waals surface area contributed by atoms with E-state index in [1.54, 1.807) is 18.2 Å². The summed E-state index contributed by atoms with van der Waals surface area (Å²) >= 11 is 3.26. The number of carboxylic acid groups (broad SMARTS) is 1. The highest BCUT2D eigenvalue weighted by molar-refractivity contribution is 9.10. The largest absolute Gasteiger partial charge is 0.481 e. The van der Waals surface area contributed by atoms with Gasteiger partial charge in [0, 0.05) is 16.6 Å². The first-order valence-corrected chi connectivity index (χ1v) is 6.30. The second-order valence-electron chi connectivity index (χ2n) is 3.95. The van der Waals surface area contributed by atoms with E-state index in [1.807, 2.05) is 0 Å². The molecule has 19 heavy (non-hydrogen) atoms. The Kier molecular flexibility index (Phi) is 4.21. The van der Waals surface area contributed by atoms with Crippen LogP contribution in [0, 0.1) is 5.82 Å². The molecule has 1 unspecified atom stereocenters. The van der Waals surface area contributed by atoms with Crippen LogP contribution in [0.5, 0.6) is 0 Å². The number of hydrogen-bond acceptors (Lipinski definition) is 3. The van der Waals surface area contributed by atoms with Crippen LogP contribution in [0.15, 0.2) is 41.3 Å². The normalized spacial score (nSPS) is 12.1. The van der Waals surface area contributed by atoms with Crippen molar-refractivity contribution < 1.29 is 14.3 Å². The van der Waals surface area contributed by atoms with E-state index >= 15 is 0 Å². The third-order valence-corrected chi connectivity index (χ3v) is 3.17. The molecular formula is C13H10BrFN2O2. The van der Waals surface area contributed by atoms with Crippen LogP contribution >= 0.6 is 15.9 Å². The Balaban J connectivity index is 2.48. The maximum Gasteiger partial charge on any atom is 0.304 e. The second-order valence-corrected chi connectivity index (χ2v) is 4.87. The Hall–Kier alpha value is -1.82. The lowest BCUT2D eigenvalue weighted by Crippen LogP contribution is -2.11. The van der Waals surface area contributed by atoms with Crippen LogP contribution in [0.1, 0.15) is 23.6 Å². The molecule has 0 bridgehead atoms. The van der Waals surface area contributed by atoms with Gasteiger partial charge in [-0.2, -0.15) is 0 Å². The van der Waals surface area contributed by atoms with Crippen molar-refractivity contribution in [1.82, 2.24) is 9.97 Å². The van der Waals surface area contributed by atoms with Crippen LogP contribution in [0.2, 0.25) is 0 Å². The zero-order chi connectivity index (χ0) is 13.8. The highest BCUT2D eigenvalue weighted by atomic mass is 79.9. The molecule has 0 saturated carbocycles. The lowest BCUT2D eigenvalue weighted by molar-refractivity contribution is -0.137. The summed E-state index contributed by atoms with van der Waals surface area (Å²) in [4.78, 5) is 18.8. The molecule has 1 atom stereocenters. The summed E-state index contributed by atoms with van der Waals surface area (Å²) in [5.74, 6) is -2.10. The standard InChI is InChI=1S/C13H10BrFN2O2/c14-8-1-2-11(15)9(5-8)10(6-13(18)19)12-3-4-16-7-17-12/h1-5,7,10H,6H2,(H,18,19). The zero-order valence-electron chi connectivity index (χ0n) is 9.75. The number of rotatable bonds is 4. The molecule has 98 valence electrons. The van der Waals surface area contributed by atoms with E-state index in [9.17, 15) is 9.18 Å². The fourth-order valence-corrected chi connectivity index (χ4v) is 2.22. The first-order valence-electron chi connectivity index (χ1n) is 5.50. The summed E-state index contributed by atoms with van der Waals surface area (Å²) in [5, 5.41) is 8.99. The number of halogens is 2. The molecule has 4 nitrogen and oxygen atoms in total. The molecule has 0 fully saturated rings.